The molecule has 1 aromatic rings. The quantitative estimate of drug-likeness (QED) is 0.730. The van der Waals surface area contributed by atoms with Gasteiger partial charge >= 0.3 is 10.2 Å². The summed E-state index contributed by atoms with van der Waals surface area (Å²) in [5.41, 5.74) is 0.964. The highest BCUT2D eigenvalue weighted by molar-refractivity contribution is 7.86. The average Bonchev–Trinajstić information content (AvgIpc) is 2.06. The Kier molecular flexibility index (Phi) is 3.21. The van der Waals surface area contributed by atoms with Crippen LogP contribution in [-0.4, -0.2) is 14.2 Å². The van der Waals surface area contributed by atoms with Crippen LogP contribution in [0.4, 0.5) is 8.28 Å². The van der Waals surface area contributed by atoms with Gasteiger partial charge in [0, 0.05) is 0 Å². The highest BCUT2D eigenvalue weighted by Gasteiger charge is 2.08. The molecule has 0 aliphatic rings. The van der Waals surface area contributed by atoms with Gasteiger partial charge in [-0.05, 0) is 30.5 Å². The molecule has 0 amide bonds. The highest BCUT2D eigenvalue weighted by atomic mass is 32.3. The first-order valence-corrected chi connectivity index (χ1v) is 5.61. The summed E-state index contributed by atoms with van der Waals surface area (Å²) in [5.74, 6) is -1.01. The topological polar surface area (TPSA) is 34.1 Å². The first kappa shape index (κ1) is 11.1. The van der Waals surface area contributed by atoms with Crippen LogP contribution in [0, 0.1) is 12.7 Å². The Labute approximate surface area is 81.8 Å². The third kappa shape index (κ3) is 3.41. The maximum atomic E-state index is 13.0. The minimum atomic E-state index is -4.47. The van der Waals surface area contributed by atoms with Crippen molar-refractivity contribution in [2.75, 3.05) is 5.75 Å². The second kappa shape index (κ2) is 4.04. The first-order chi connectivity index (χ1) is 6.38. The number of benzene rings is 1. The van der Waals surface area contributed by atoms with E-state index in [1.54, 1.807) is 13.0 Å². The lowest BCUT2D eigenvalue weighted by atomic mass is 10.1. The summed E-state index contributed by atoms with van der Waals surface area (Å²) >= 11 is 0. The van der Waals surface area contributed by atoms with E-state index in [9.17, 15) is 16.7 Å². The third-order valence-corrected chi connectivity index (χ3v) is 2.56. The standard InChI is InChI=1S/C9H10F2O2S/c1-7-2-3-8(6-9(7)10)4-5-14(11,12)13/h2-3,6H,4-5H2,1H3. The lowest BCUT2D eigenvalue weighted by Crippen LogP contribution is -2.02. The number of halogens is 2. The fourth-order valence-electron chi connectivity index (χ4n) is 1.03. The predicted octanol–water partition coefficient (Wildman–Crippen LogP) is 1.98. The first-order valence-electron chi connectivity index (χ1n) is 4.06. The van der Waals surface area contributed by atoms with E-state index in [4.69, 9.17) is 0 Å². The van der Waals surface area contributed by atoms with Gasteiger partial charge in [-0.1, -0.05) is 12.1 Å². The van der Waals surface area contributed by atoms with Gasteiger partial charge in [-0.15, -0.1) is 3.89 Å². The molecule has 1 aromatic carbocycles. The summed E-state index contributed by atoms with van der Waals surface area (Å²) in [5, 5.41) is 0. The smallest absolute Gasteiger partial charge is 0.207 e. The molecule has 0 saturated carbocycles. The molecule has 0 aliphatic heterocycles. The summed E-state index contributed by atoms with van der Waals surface area (Å²) in [6.07, 6.45) is -0.00394. The van der Waals surface area contributed by atoms with Crippen LogP contribution < -0.4 is 0 Å². The summed E-state index contributed by atoms with van der Waals surface area (Å²) in [4.78, 5) is 0. The fraction of sp³-hybridized carbons (Fsp3) is 0.333. The number of rotatable bonds is 3. The second-order valence-corrected chi connectivity index (χ2v) is 4.56. The molecule has 1 rings (SSSR count). The summed E-state index contributed by atoms with van der Waals surface area (Å²) in [6, 6.07) is 4.35. The van der Waals surface area contributed by atoms with Gasteiger partial charge in [0.1, 0.15) is 5.82 Å². The van der Waals surface area contributed by atoms with Crippen molar-refractivity contribution in [2.45, 2.75) is 13.3 Å². The van der Waals surface area contributed by atoms with Crippen LogP contribution in [0.15, 0.2) is 18.2 Å². The van der Waals surface area contributed by atoms with Crippen molar-refractivity contribution in [3.05, 3.63) is 35.1 Å². The highest BCUT2D eigenvalue weighted by Crippen LogP contribution is 2.10. The van der Waals surface area contributed by atoms with Crippen LogP contribution in [0.5, 0.6) is 0 Å². The minimum Gasteiger partial charge on any atom is -0.207 e. The van der Waals surface area contributed by atoms with E-state index in [0.717, 1.165) is 0 Å². The lowest BCUT2D eigenvalue weighted by Gasteiger charge is -2.00. The Balaban J connectivity index is 2.74. The molecule has 0 aromatic heterocycles. The normalized spacial score (nSPS) is 11.6. The largest absolute Gasteiger partial charge is 0.302 e. The Morgan fingerprint density at radius 1 is 1.36 bits per heavy atom. The molecule has 0 fully saturated rings. The fourth-order valence-corrected chi connectivity index (χ4v) is 1.51. The van der Waals surface area contributed by atoms with Crippen molar-refractivity contribution in [1.82, 2.24) is 0 Å². The summed E-state index contributed by atoms with van der Waals surface area (Å²) < 4.78 is 45.5. The van der Waals surface area contributed by atoms with E-state index in [-0.39, 0.29) is 6.42 Å². The molecule has 0 N–H and O–H groups in total. The van der Waals surface area contributed by atoms with E-state index < -0.39 is 21.8 Å². The van der Waals surface area contributed by atoms with Crippen molar-refractivity contribution < 1.29 is 16.7 Å². The average molecular weight is 220 g/mol. The molecular weight excluding hydrogens is 210 g/mol. The molecule has 0 aliphatic carbocycles. The number of aryl methyl sites for hydroxylation is 2. The zero-order chi connectivity index (χ0) is 10.8. The SMILES string of the molecule is Cc1ccc(CCS(=O)(=O)F)cc1F. The van der Waals surface area contributed by atoms with E-state index in [1.807, 2.05) is 0 Å². The van der Waals surface area contributed by atoms with Gasteiger partial charge in [0.2, 0.25) is 0 Å². The summed E-state index contributed by atoms with van der Waals surface area (Å²) in [6.45, 7) is 1.60. The molecule has 78 valence electrons. The monoisotopic (exact) mass is 220 g/mol. The predicted molar refractivity (Wildman–Crippen MR) is 49.7 cm³/mol. The van der Waals surface area contributed by atoms with E-state index >= 15 is 0 Å². The maximum Gasteiger partial charge on any atom is 0.302 e. The molecule has 14 heavy (non-hydrogen) atoms. The van der Waals surface area contributed by atoms with Crippen molar-refractivity contribution >= 4 is 10.2 Å². The van der Waals surface area contributed by atoms with Gasteiger partial charge in [0.05, 0.1) is 5.75 Å². The Hall–Kier alpha value is -0.970. The van der Waals surface area contributed by atoms with Crippen molar-refractivity contribution in [3.63, 3.8) is 0 Å². The molecule has 2 nitrogen and oxygen atoms in total. The molecule has 0 heterocycles. The van der Waals surface area contributed by atoms with Gasteiger partial charge in [0.15, 0.2) is 0 Å². The van der Waals surface area contributed by atoms with Crippen LogP contribution >= 0.6 is 0 Å². The Morgan fingerprint density at radius 2 is 2.00 bits per heavy atom. The lowest BCUT2D eigenvalue weighted by molar-refractivity contribution is 0.551. The van der Waals surface area contributed by atoms with Crippen LogP contribution in [0.2, 0.25) is 0 Å². The van der Waals surface area contributed by atoms with Gasteiger partial charge in [-0.2, -0.15) is 8.42 Å². The van der Waals surface area contributed by atoms with E-state index in [2.05, 4.69) is 0 Å². The van der Waals surface area contributed by atoms with E-state index in [0.29, 0.717) is 11.1 Å². The zero-order valence-corrected chi connectivity index (χ0v) is 8.44. The Morgan fingerprint density at radius 3 is 2.50 bits per heavy atom. The molecule has 0 spiro atoms. The van der Waals surface area contributed by atoms with Crippen LogP contribution in [-0.2, 0) is 16.6 Å². The molecule has 5 heteroatoms. The maximum absolute atomic E-state index is 13.0. The zero-order valence-electron chi connectivity index (χ0n) is 7.63. The van der Waals surface area contributed by atoms with Gasteiger partial charge < -0.3 is 0 Å². The molecule has 0 bridgehead atoms. The van der Waals surface area contributed by atoms with Crippen LogP contribution in [0.25, 0.3) is 0 Å². The summed E-state index contributed by atoms with van der Waals surface area (Å²) in [7, 11) is -4.47. The molecule has 0 radical (unpaired) electrons. The van der Waals surface area contributed by atoms with Crippen molar-refractivity contribution in [1.29, 1.82) is 0 Å². The van der Waals surface area contributed by atoms with Gasteiger partial charge in [0.25, 0.3) is 0 Å². The molecule has 0 unspecified atom stereocenters. The van der Waals surface area contributed by atoms with E-state index in [1.165, 1.54) is 12.1 Å². The molecule has 0 saturated heterocycles. The number of hydrogen-bond acceptors (Lipinski definition) is 2. The van der Waals surface area contributed by atoms with Crippen LogP contribution in [0.1, 0.15) is 11.1 Å². The van der Waals surface area contributed by atoms with Crippen LogP contribution in [0.3, 0.4) is 0 Å². The molecule has 0 atom stereocenters. The van der Waals surface area contributed by atoms with Gasteiger partial charge in [-0.3, -0.25) is 0 Å². The third-order valence-electron chi connectivity index (χ3n) is 1.87. The van der Waals surface area contributed by atoms with Crippen molar-refractivity contribution in [3.8, 4) is 0 Å². The minimum absolute atomic E-state index is 0.00394. The Bertz CT molecular complexity index is 426. The van der Waals surface area contributed by atoms with Gasteiger partial charge in [-0.25, -0.2) is 4.39 Å². The molecular formula is C9H10F2O2S. The second-order valence-electron chi connectivity index (χ2n) is 3.08. The van der Waals surface area contributed by atoms with Crippen molar-refractivity contribution in [2.24, 2.45) is 0 Å². The number of hydrogen-bond donors (Lipinski definition) is 0.